The van der Waals surface area contributed by atoms with Crippen LogP contribution in [0.4, 0.5) is 14.7 Å². The summed E-state index contributed by atoms with van der Waals surface area (Å²) >= 11 is 3.04. The molecular weight excluding hydrogens is 316 g/mol. The van der Waals surface area contributed by atoms with Gasteiger partial charge in [-0.1, -0.05) is 6.92 Å². The van der Waals surface area contributed by atoms with Crippen molar-refractivity contribution in [2.45, 2.75) is 13.3 Å². The zero-order chi connectivity index (χ0) is 13.8. The Labute approximate surface area is 118 Å². The number of nitrogens with one attached hydrogen (secondary N) is 1. The minimum absolute atomic E-state index is 0.156. The molecule has 0 bridgehead atoms. The highest BCUT2D eigenvalue weighted by Crippen LogP contribution is 2.29. The monoisotopic (exact) mass is 327 g/mol. The summed E-state index contributed by atoms with van der Waals surface area (Å²) in [5.74, 6) is -0.959. The Morgan fingerprint density at radius 2 is 2.05 bits per heavy atom. The van der Waals surface area contributed by atoms with Gasteiger partial charge in [-0.2, -0.15) is 0 Å². The van der Waals surface area contributed by atoms with Gasteiger partial charge in [0, 0.05) is 12.7 Å². The van der Waals surface area contributed by atoms with Crippen LogP contribution in [-0.4, -0.2) is 16.5 Å². The first-order chi connectivity index (χ1) is 9.13. The van der Waals surface area contributed by atoms with E-state index >= 15 is 0 Å². The summed E-state index contributed by atoms with van der Waals surface area (Å²) < 4.78 is 27.9. The second kappa shape index (κ2) is 6.06. The number of rotatable bonds is 4. The van der Waals surface area contributed by atoms with Crippen LogP contribution in [0.25, 0.3) is 11.3 Å². The Bertz CT molecular complexity index is 590. The van der Waals surface area contributed by atoms with E-state index in [-0.39, 0.29) is 15.7 Å². The van der Waals surface area contributed by atoms with E-state index in [1.54, 1.807) is 0 Å². The number of benzene rings is 1. The van der Waals surface area contributed by atoms with Crippen molar-refractivity contribution in [1.82, 2.24) is 9.97 Å². The zero-order valence-corrected chi connectivity index (χ0v) is 11.8. The second-order valence-electron chi connectivity index (χ2n) is 3.91. The van der Waals surface area contributed by atoms with E-state index in [2.05, 4.69) is 31.2 Å². The largest absolute Gasteiger partial charge is 0.354 e. The molecule has 0 aliphatic rings. The molecule has 3 nitrogen and oxygen atoms in total. The Morgan fingerprint density at radius 1 is 1.26 bits per heavy atom. The summed E-state index contributed by atoms with van der Waals surface area (Å²) in [4.78, 5) is 8.13. The van der Waals surface area contributed by atoms with Gasteiger partial charge in [0.15, 0.2) is 0 Å². The number of hydrogen-bond donors (Lipinski definition) is 1. The quantitative estimate of drug-likeness (QED) is 0.862. The zero-order valence-electron chi connectivity index (χ0n) is 10.3. The predicted molar refractivity (Wildman–Crippen MR) is 73.9 cm³/mol. The van der Waals surface area contributed by atoms with Crippen LogP contribution >= 0.6 is 15.9 Å². The molecule has 1 heterocycles. The van der Waals surface area contributed by atoms with Crippen molar-refractivity contribution in [3.63, 3.8) is 0 Å². The van der Waals surface area contributed by atoms with Crippen molar-refractivity contribution >= 4 is 21.9 Å². The maximum absolute atomic E-state index is 14.0. The van der Waals surface area contributed by atoms with Crippen LogP contribution in [0.2, 0.25) is 0 Å². The van der Waals surface area contributed by atoms with Gasteiger partial charge in [-0.3, -0.25) is 0 Å². The van der Waals surface area contributed by atoms with E-state index in [4.69, 9.17) is 0 Å². The molecule has 6 heteroatoms. The van der Waals surface area contributed by atoms with Crippen LogP contribution in [-0.2, 0) is 0 Å². The second-order valence-corrected chi connectivity index (χ2v) is 4.76. The van der Waals surface area contributed by atoms with Gasteiger partial charge in [-0.15, -0.1) is 0 Å². The minimum Gasteiger partial charge on any atom is -0.354 e. The number of hydrogen-bond acceptors (Lipinski definition) is 3. The lowest BCUT2D eigenvalue weighted by molar-refractivity contribution is 0.584. The molecule has 0 aliphatic heterocycles. The third kappa shape index (κ3) is 3.07. The van der Waals surface area contributed by atoms with E-state index < -0.39 is 11.6 Å². The number of nitrogens with zero attached hydrogens (tertiary/aromatic N) is 2. The fourth-order valence-electron chi connectivity index (χ4n) is 1.58. The third-order valence-corrected chi connectivity index (χ3v) is 3.10. The summed E-state index contributed by atoms with van der Waals surface area (Å²) in [7, 11) is 0. The van der Waals surface area contributed by atoms with Crippen LogP contribution in [0.3, 0.4) is 0 Å². The fraction of sp³-hybridized carbons (Fsp3) is 0.231. The van der Waals surface area contributed by atoms with Crippen molar-refractivity contribution in [2.24, 2.45) is 0 Å². The van der Waals surface area contributed by atoms with Crippen molar-refractivity contribution in [3.05, 3.63) is 40.5 Å². The molecule has 0 radical (unpaired) electrons. The molecule has 1 N–H and O–H groups in total. The lowest BCUT2D eigenvalue weighted by atomic mass is 10.1. The van der Waals surface area contributed by atoms with Crippen LogP contribution in [0, 0.1) is 11.6 Å². The van der Waals surface area contributed by atoms with E-state index in [1.165, 1.54) is 24.4 Å². The highest BCUT2D eigenvalue weighted by molar-refractivity contribution is 9.10. The normalized spacial score (nSPS) is 10.5. The van der Waals surface area contributed by atoms with Crippen LogP contribution < -0.4 is 5.32 Å². The standard InChI is InChI=1S/C13H12BrF2N3/c1-2-6-17-13-18-7-5-10(19-13)11-9(15)4-3-8(14)12(11)16/h3-5,7H,2,6H2,1H3,(H,17,18,19). The Morgan fingerprint density at radius 3 is 2.79 bits per heavy atom. The van der Waals surface area contributed by atoms with Crippen LogP contribution in [0.5, 0.6) is 0 Å². The van der Waals surface area contributed by atoms with Crippen molar-refractivity contribution in [3.8, 4) is 11.3 Å². The van der Waals surface area contributed by atoms with Gasteiger partial charge < -0.3 is 5.32 Å². The molecule has 0 fully saturated rings. The Balaban J connectivity index is 2.44. The van der Waals surface area contributed by atoms with E-state index in [0.29, 0.717) is 12.5 Å². The lowest BCUT2D eigenvalue weighted by Gasteiger charge is -2.08. The SMILES string of the molecule is CCCNc1nccc(-c2c(F)ccc(Br)c2F)n1. The first-order valence-corrected chi connectivity index (χ1v) is 6.63. The molecule has 2 aromatic rings. The van der Waals surface area contributed by atoms with Gasteiger partial charge in [-0.25, -0.2) is 18.7 Å². The first-order valence-electron chi connectivity index (χ1n) is 5.84. The summed E-state index contributed by atoms with van der Waals surface area (Å²) in [5.41, 5.74) is 0.0567. The highest BCUT2D eigenvalue weighted by Gasteiger charge is 2.16. The maximum Gasteiger partial charge on any atom is 0.223 e. The molecule has 0 saturated heterocycles. The highest BCUT2D eigenvalue weighted by atomic mass is 79.9. The number of halogens is 3. The fourth-order valence-corrected chi connectivity index (χ4v) is 1.91. The van der Waals surface area contributed by atoms with E-state index in [0.717, 1.165) is 6.42 Å². The van der Waals surface area contributed by atoms with Gasteiger partial charge in [0.25, 0.3) is 0 Å². The lowest BCUT2D eigenvalue weighted by Crippen LogP contribution is -2.05. The van der Waals surface area contributed by atoms with Crippen LogP contribution in [0.15, 0.2) is 28.9 Å². The Kier molecular flexibility index (Phi) is 4.42. The van der Waals surface area contributed by atoms with Gasteiger partial charge in [0.2, 0.25) is 5.95 Å². The molecule has 1 aromatic heterocycles. The molecule has 100 valence electrons. The molecule has 0 aliphatic carbocycles. The summed E-state index contributed by atoms with van der Waals surface area (Å²) in [5, 5.41) is 2.98. The maximum atomic E-state index is 14.0. The van der Waals surface area contributed by atoms with Gasteiger partial charge in [0.05, 0.1) is 15.7 Å². The number of anilines is 1. The topological polar surface area (TPSA) is 37.8 Å². The number of aromatic nitrogens is 2. The molecule has 0 atom stereocenters. The minimum atomic E-state index is -0.667. The summed E-state index contributed by atoms with van der Waals surface area (Å²) in [6, 6.07) is 4.00. The first kappa shape index (κ1) is 13.9. The van der Waals surface area contributed by atoms with Crippen molar-refractivity contribution < 1.29 is 8.78 Å². The van der Waals surface area contributed by atoms with E-state index in [1.807, 2.05) is 6.92 Å². The average molecular weight is 328 g/mol. The molecule has 1 aromatic carbocycles. The molecule has 0 saturated carbocycles. The molecule has 2 rings (SSSR count). The van der Waals surface area contributed by atoms with Crippen LogP contribution in [0.1, 0.15) is 13.3 Å². The van der Waals surface area contributed by atoms with Gasteiger partial charge >= 0.3 is 0 Å². The molecule has 0 unspecified atom stereocenters. The summed E-state index contributed by atoms with van der Waals surface area (Å²) in [6.07, 6.45) is 2.38. The molecule has 19 heavy (non-hydrogen) atoms. The van der Waals surface area contributed by atoms with Crippen molar-refractivity contribution in [1.29, 1.82) is 0 Å². The smallest absolute Gasteiger partial charge is 0.223 e. The molecule has 0 spiro atoms. The average Bonchev–Trinajstić information content (AvgIpc) is 2.42. The van der Waals surface area contributed by atoms with Crippen molar-refractivity contribution in [2.75, 3.05) is 11.9 Å². The van der Waals surface area contributed by atoms with Gasteiger partial charge in [-0.05, 0) is 40.5 Å². The third-order valence-electron chi connectivity index (χ3n) is 2.49. The van der Waals surface area contributed by atoms with Gasteiger partial charge in [0.1, 0.15) is 11.6 Å². The van der Waals surface area contributed by atoms with E-state index in [9.17, 15) is 8.78 Å². The molecular formula is C13H12BrF2N3. The molecule has 0 amide bonds. The Hall–Kier alpha value is -1.56. The summed E-state index contributed by atoms with van der Waals surface area (Å²) in [6.45, 7) is 2.71. The predicted octanol–water partition coefficient (Wildman–Crippen LogP) is 4.01.